The van der Waals surface area contributed by atoms with Crippen molar-refractivity contribution in [2.24, 2.45) is 11.5 Å². The summed E-state index contributed by atoms with van der Waals surface area (Å²) in [6.07, 6.45) is -5.49. The van der Waals surface area contributed by atoms with Gasteiger partial charge in [-0.25, -0.2) is 0 Å². The minimum atomic E-state index is -1.80. The summed E-state index contributed by atoms with van der Waals surface area (Å²) in [6.45, 7) is -0.691. The maximum atomic E-state index is 11.4. The predicted molar refractivity (Wildman–Crippen MR) is 67.9 cm³/mol. The molecule has 10 nitrogen and oxygen atoms in total. The molecule has 0 aromatic carbocycles. The molecular formula is C11H20N2O8. The van der Waals surface area contributed by atoms with Crippen molar-refractivity contribution in [3.05, 3.63) is 0 Å². The number of aliphatic carboxylic acids is 1. The number of hydrogen-bond acceptors (Lipinski definition) is 9. The molecule has 0 amide bonds. The molecule has 0 aliphatic rings. The lowest BCUT2D eigenvalue weighted by Crippen LogP contribution is -2.50. The molecule has 0 radical (unpaired) electrons. The summed E-state index contributed by atoms with van der Waals surface area (Å²) in [6, 6.07) is -2.59. The van der Waals surface area contributed by atoms with Crippen LogP contribution in [-0.2, 0) is 19.1 Å². The van der Waals surface area contributed by atoms with Crippen LogP contribution in [0.1, 0.15) is 12.8 Å². The summed E-state index contributed by atoms with van der Waals surface area (Å²) >= 11 is 0. The quantitative estimate of drug-likeness (QED) is 0.173. The van der Waals surface area contributed by atoms with Crippen molar-refractivity contribution in [1.82, 2.24) is 0 Å². The zero-order valence-electron chi connectivity index (χ0n) is 11.2. The summed E-state index contributed by atoms with van der Waals surface area (Å²) in [5.41, 5.74) is 10.5. The van der Waals surface area contributed by atoms with Gasteiger partial charge < -0.3 is 41.4 Å². The van der Waals surface area contributed by atoms with Gasteiger partial charge in [-0.15, -0.1) is 0 Å². The van der Waals surface area contributed by atoms with E-state index in [2.05, 4.69) is 4.74 Å². The van der Waals surface area contributed by atoms with Crippen LogP contribution in [-0.4, -0.2) is 75.7 Å². The van der Waals surface area contributed by atoms with Gasteiger partial charge in [-0.3, -0.25) is 9.59 Å². The maximum absolute atomic E-state index is 11.4. The highest BCUT2D eigenvalue weighted by atomic mass is 16.5. The van der Waals surface area contributed by atoms with E-state index >= 15 is 0 Å². The molecule has 0 aromatic heterocycles. The van der Waals surface area contributed by atoms with Gasteiger partial charge in [0.2, 0.25) is 0 Å². The number of carbonyl (C=O) groups is 3. The van der Waals surface area contributed by atoms with Gasteiger partial charge in [0.1, 0.15) is 37.2 Å². The molecule has 0 saturated heterocycles. The normalized spacial score (nSPS) is 18.1. The van der Waals surface area contributed by atoms with Crippen molar-refractivity contribution in [2.45, 2.75) is 43.2 Å². The largest absolute Gasteiger partial charge is 0.481 e. The maximum Gasteiger partial charge on any atom is 0.323 e. The van der Waals surface area contributed by atoms with E-state index in [1.807, 2.05) is 0 Å². The molecule has 0 spiro atoms. The SMILES string of the molecule is N[C@@H](CCC(=O)O)C(=O)OC[C@@H](O)[C@@H](O)[C@H](O)[C@@H](N)C=O. The fourth-order valence-electron chi connectivity index (χ4n) is 1.31. The Balaban J connectivity index is 4.22. The summed E-state index contributed by atoms with van der Waals surface area (Å²) in [5.74, 6) is -2.09. The zero-order valence-corrected chi connectivity index (χ0v) is 11.2. The topological polar surface area (TPSA) is 193 Å². The number of hydrogen-bond donors (Lipinski definition) is 6. The second-order valence-electron chi connectivity index (χ2n) is 4.43. The van der Waals surface area contributed by atoms with E-state index in [1.54, 1.807) is 0 Å². The number of esters is 1. The highest BCUT2D eigenvalue weighted by Crippen LogP contribution is 2.05. The first-order valence-electron chi connectivity index (χ1n) is 6.09. The van der Waals surface area contributed by atoms with Gasteiger partial charge >= 0.3 is 11.9 Å². The van der Waals surface area contributed by atoms with E-state index in [1.165, 1.54) is 0 Å². The number of carbonyl (C=O) groups excluding carboxylic acids is 2. The van der Waals surface area contributed by atoms with Crippen molar-refractivity contribution >= 4 is 18.2 Å². The molecule has 8 N–H and O–H groups in total. The van der Waals surface area contributed by atoms with Crippen LogP contribution in [0.5, 0.6) is 0 Å². The third-order valence-corrected chi connectivity index (χ3v) is 2.66. The van der Waals surface area contributed by atoms with Gasteiger partial charge in [0.05, 0.1) is 6.04 Å². The zero-order chi connectivity index (χ0) is 16.6. The van der Waals surface area contributed by atoms with Crippen LogP contribution in [0, 0.1) is 0 Å². The molecule has 0 heterocycles. The molecule has 5 atom stereocenters. The van der Waals surface area contributed by atoms with E-state index in [4.69, 9.17) is 16.6 Å². The van der Waals surface area contributed by atoms with Crippen molar-refractivity contribution in [3.8, 4) is 0 Å². The predicted octanol–water partition coefficient (Wildman–Crippen LogP) is -3.67. The third kappa shape index (κ3) is 7.11. The molecule has 10 heteroatoms. The number of carboxylic acids is 1. The number of ether oxygens (including phenoxy) is 1. The molecule has 0 bridgehead atoms. The Morgan fingerprint density at radius 3 is 2.19 bits per heavy atom. The fourth-order valence-corrected chi connectivity index (χ4v) is 1.31. The summed E-state index contributed by atoms with van der Waals surface area (Å²) < 4.78 is 4.58. The van der Waals surface area contributed by atoms with Crippen LogP contribution in [0.2, 0.25) is 0 Å². The average Bonchev–Trinajstić information content (AvgIpc) is 2.46. The molecule has 21 heavy (non-hydrogen) atoms. The number of nitrogens with two attached hydrogens (primary N) is 2. The molecule has 0 rings (SSSR count). The molecule has 0 aliphatic carbocycles. The van der Waals surface area contributed by atoms with Gasteiger partial charge in [-0.2, -0.15) is 0 Å². The van der Waals surface area contributed by atoms with Crippen molar-refractivity contribution in [3.63, 3.8) is 0 Å². The fraction of sp³-hybridized carbons (Fsp3) is 0.727. The van der Waals surface area contributed by atoms with Gasteiger partial charge in [-0.1, -0.05) is 0 Å². The highest BCUT2D eigenvalue weighted by Gasteiger charge is 2.30. The summed E-state index contributed by atoms with van der Waals surface area (Å²) in [7, 11) is 0. The number of aliphatic hydroxyl groups is 3. The van der Waals surface area contributed by atoms with Crippen LogP contribution < -0.4 is 11.5 Å². The van der Waals surface area contributed by atoms with E-state index in [0.29, 0.717) is 0 Å². The number of aliphatic hydroxyl groups excluding tert-OH is 3. The van der Waals surface area contributed by atoms with E-state index in [9.17, 15) is 29.7 Å². The first-order valence-corrected chi connectivity index (χ1v) is 6.09. The lowest BCUT2D eigenvalue weighted by molar-refractivity contribution is -0.154. The van der Waals surface area contributed by atoms with Crippen molar-refractivity contribution in [1.29, 1.82) is 0 Å². The minimum absolute atomic E-state index is 0.147. The standard InChI is InChI=1S/C11H20N2O8/c12-5(1-2-8(16)17)11(20)21-4-7(15)10(19)9(18)6(13)3-14/h3,5-7,9-10,15,18-19H,1-2,4,12-13H2,(H,16,17)/t5-,6-,7+,9+,10+/m0/s1. The lowest BCUT2D eigenvalue weighted by Gasteiger charge is -2.24. The molecule has 0 saturated carbocycles. The average molecular weight is 308 g/mol. The number of aldehydes is 1. The second kappa shape index (κ2) is 9.37. The molecular weight excluding hydrogens is 288 g/mol. The molecule has 0 fully saturated rings. The van der Waals surface area contributed by atoms with Crippen molar-refractivity contribution < 1.29 is 39.5 Å². The minimum Gasteiger partial charge on any atom is -0.481 e. The molecule has 0 aliphatic heterocycles. The third-order valence-electron chi connectivity index (χ3n) is 2.66. The number of rotatable bonds is 10. The number of carboxylic acid groups (broad SMARTS) is 1. The summed E-state index contributed by atoms with van der Waals surface area (Å²) in [5, 5.41) is 36.8. The smallest absolute Gasteiger partial charge is 0.323 e. The first kappa shape index (κ1) is 19.4. The van der Waals surface area contributed by atoms with Crippen LogP contribution in [0.15, 0.2) is 0 Å². The van der Waals surface area contributed by atoms with Crippen molar-refractivity contribution in [2.75, 3.05) is 6.61 Å². The van der Waals surface area contributed by atoms with Gasteiger partial charge in [0.15, 0.2) is 0 Å². The van der Waals surface area contributed by atoms with Gasteiger partial charge in [0.25, 0.3) is 0 Å². The summed E-state index contributed by atoms with van der Waals surface area (Å²) in [4.78, 5) is 32.0. The van der Waals surface area contributed by atoms with Crippen LogP contribution >= 0.6 is 0 Å². The van der Waals surface area contributed by atoms with Gasteiger partial charge in [0, 0.05) is 6.42 Å². The highest BCUT2D eigenvalue weighted by molar-refractivity contribution is 5.76. The molecule has 122 valence electrons. The first-order chi connectivity index (χ1) is 9.70. The van der Waals surface area contributed by atoms with Gasteiger partial charge in [-0.05, 0) is 6.42 Å². The van der Waals surface area contributed by atoms with Crippen LogP contribution in [0.25, 0.3) is 0 Å². The Labute approximate surface area is 120 Å². The van der Waals surface area contributed by atoms with E-state index in [-0.39, 0.29) is 19.1 Å². The van der Waals surface area contributed by atoms with Crippen LogP contribution in [0.4, 0.5) is 0 Å². The lowest BCUT2D eigenvalue weighted by atomic mass is 10.0. The molecule has 0 unspecified atom stereocenters. The Bertz CT molecular complexity index is 364. The van der Waals surface area contributed by atoms with E-state index in [0.717, 1.165) is 0 Å². The van der Waals surface area contributed by atoms with E-state index < -0.39 is 48.9 Å². The Hall–Kier alpha value is -1.59. The Kier molecular flexibility index (Phi) is 8.66. The Morgan fingerprint density at radius 2 is 1.71 bits per heavy atom. The second-order valence-corrected chi connectivity index (χ2v) is 4.43. The Morgan fingerprint density at radius 1 is 1.14 bits per heavy atom. The monoisotopic (exact) mass is 308 g/mol. The van der Waals surface area contributed by atoms with Crippen LogP contribution in [0.3, 0.4) is 0 Å². The molecule has 0 aromatic rings.